The lowest BCUT2D eigenvalue weighted by atomic mass is 9.81. The molecule has 4 atom stereocenters. The van der Waals surface area contributed by atoms with Crippen molar-refractivity contribution in [2.24, 2.45) is 23.7 Å². The molecule has 0 radical (unpaired) electrons. The van der Waals surface area contributed by atoms with Crippen LogP contribution in [0.25, 0.3) is 0 Å². The standard InChI is InChI=1S/C28H45NO2/c1-23-24-17-18-25(22-24)26(23)16-14-12-10-8-6-4-2-3-5-7-9-11-13-15-21-29-27(30)19-20-28(29)31/h17-20,23-26H,2-16,21-22H2,1H3. The quantitative estimate of drug-likeness (QED) is 0.140. The van der Waals surface area contributed by atoms with Crippen LogP contribution in [0.15, 0.2) is 24.3 Å². The highest BCUT2D eigenvalue weighted by molar-refractivity contribution is 6.12. The summed E-state index contributed by atoms with van der Waals surface area (Å²) in [6.45, 7) is 3.07. The minimum atomic E-state index is -0.145. The predicted octanol–water partition coefficient (Wildman–Crippen LogP) is 7.22. The third kappa shape index (κ3) is 7.61. The van der Waals surface area contributed by atoms with E-state index < -0.39 is 0 Å². The van der Waals surface area contributed by atoms with Gasteiger partial charge < -0.3 is 0 Å². The predicted molar refractivity (Wildman–Crippen MR) is 129 cm³/mol. The molecule has 174 valence electrons. The van der Waals surface area contributed by atoms with Crippen LogP contribution in [0.1, 0.15) is 110 Å². The molecule has 0 N–H and O–H groups in total. The van der Waals surface area contributed by atoms with Gasteiger partial charge in [-0.05, 0) is 42.9 Å². The van der Waals surface area contributed by atoms with E-state index >= 15 is 0 Å². The maximum atomic E-state index is 11.5. The highest BCUT2D eigenvalue weighted by atomic mass is 16.2. The van der Waals surface area contributed by atoms with Gasteiger partial charge >= 0.3 is 0 Å². The second kappa shape index (κ2) is 13.2. The van der Waals surface area contributed by atoms with E-state index in [0.717, 1.165) is 36.5 Å². The number of unbranched alkanes of at least 4 members (excludes halogenated alkanes) is 13. The van der Waals surface area contributed by atoms with Crippen LogP contribution < -0.4 is 0 Å². The van der Waals surface area contributed by atoms with Crippen molar-refractivity contribution in [1.82, 2.24) is 4.90 Å². The Kier molecular flexibility index (Phi) is 10.4. The Bertz CT molecular complexity index is 605. The van der Waals surface area contributed by atoms with E-state index in [1.807, 2.05) is 0 Å². The van der Waals surface area contributed by atoms with Crippen LogP contribution in [0, 0.1) is 23.7 Å². The summed E-state index contributed by atoms with van der Waals surface area (Å²) in [5.74, 6) is 3.47. The number of fused-ring (bicyclic) bond motifs is 2. The monoisotopic (exact) mass is 427 g/mol. The third-order valence-corrected chi connectivity index (χ3v) is 8.12. The van der Waals surface area contributed by atoms with Gasteiger partial charge in [0.2, 0.25) is 0 Å². The molecule has 3 rings (SSSR count). The molecular formula is C28H45NO2. The van der Waals surface area contributed by atoms with Gasteiger partial charge in [0.25, 0.3) is 11.8 Å². The van der Waals surface area contributed by atoms with Gasteiger partial charge in [-0.3, -0.25) is 14.5 Å². The summed E-state index contributed by atoms with van der Waals surface area (Å²) >= 11 is 0. The van der Waals surface area contributed by atoms with E-state index in [1.54, 1.807) is 0 Å². The van der Waals surface area contributed by atoms with Crippen LogP contribution in [-0.4, -0.2) is 23.3 Å². The van der Waals surface area contributed by atoms with Gasteiger partial charge in [-0.2, -0.15) is 0 Å². The van der Waals surface area contributed by atoms with Gasteiger partial charge in [-0.25, -0.2) is 0 Å². The highest BCUT2D eigenvalue weighted by Crippen LogP contribution is 2.49. The lowest BCUT2D eigenvalue weighted by molar-refractivity contribution is -0.136. The molecule has 2 amide bonds. The summed E-state index contributed by atoms with van der Waals surface area (Å²) < 4.78 is 0. The molecule has 2 aliphatic carbocycles. The molecular weight excluding hydrogens is 382 g/mol. The Hall–Kier alpha value is -1.38. The minimum Gasteiger partial charge on any atom is -0.275 e. The molecule has 3 nitrogen and oxygen atoms in total. The Morgan fingerprint density at radius 3 is 1.61 bits per heavy atom. The number of allylic oxidation sites excluding steroid dienone is 2. The van der Waals surface area contributed by atoms with Crippen molar-refractivity contribution in [3.8, 4) is 0 Å². The average Bonchev–Trinajstić information content (AvgIpc) is 3.45. The summed E-state index contributed by atoms with van der Waals surface area (Å²) in [7, 11) is 0. The fraction of sp³-hybridized carbons (Fsp3) is 0.786. The first-order valence-electron chi connectivity index (χ1n) is 13.4. The number of nitrogens with zero attached hydrogens (tertiary/aromatic N) is 1. The second-order valence-electron chi connectivity index (χ2n) is 10.4. The van der Waals surface area contributed by atoms with Gasteiger partial charge in [0.15, 0.2) is 0 Å². The van der Waals surface area contributed by atoms with E-state index in [-0.39, 0.29) is 11.8 Å². The largest absolute Gasteiger partial charge is 0.275 e. The summed E-state index contributed by atoms with van der Waals surface area (Å²) in [4.78, 5) is 24.3. The summed E-state index contributed by atoms with van der Waals surface area (Å²) in [6, 6.07) is 0. The zero-order valence-electron chi connectivity index (χ0n) is 19.9. The van der Waals surface area contributed by atoms with Gasteiger partial charge in [0, 0.05) is 18.7 Å². The van der Waals surface area contributed by atoms with Gasteiger partial charge in [0.05, 0.1) is 0 Å². The first-order chi connectivity index (χ1) is 15.2. The van der Waals surface area contributed by atoms with E-state index in [9.17, 15) is 9.59 Å². The molecule has 0 aromatic heterocycles. The zero-order chi connectivity index (χ0) is 21.9. The number of rotatable bonds is 17. The normalized spacial score (nSPS) is 26.7. The Morgan fingerprint density at radius 1 is 0.677 bits per heavy atom. The number of amides is 2. The average molecular weight is 428 g/mol. The Labute approximate surface area is 190 Å². The molecule has 2 bridgehead atoms. The summed E-state index contributed by atoms with van der Waals surface area (Å²) in [5, 5.41) is 0. The third-order valence-electron chi connectivity index (χ3n) is 8.12. The Balaban J connectivity index is 1.02. The molecule has 4 unspecified atom stereocenters. The SMILES string of the molecule is CC1C2C=CC(C2)C1CCCCCCCCCCCCCCCCN1C(=O)C=CC1=O. The maximum Gasteiger partial charge on any atom is 0.253 e. The van der Waals surface area contributed by atoms with Gasteiger partial charge in [-0.1, -0.05) is 103 Å². The number of hydrogen-bond donors (Lipinski definition) is 0. The number of hydrogen-bond acceptors (Lipinski definition) is 2. The molecule has 1 saturated carbocycles. The smallest absolute Gasteiger partial charge is 0.253 e. The van der Waals surface area contributed by atoms with Crippen LogP contribution in [-0.2, 0) is 9.59 Å². The zero-order valence-corrected chi connectivity index (χ0v) is 19.9. The van der Waals surface area contributed by atoms with Crippen molar-refractivity contribution in [2.75, 3.05) is 6.54 Å². The lowest BCUT2D eigenvalue weighted by Crippen LogP contribution is -2.30. The molecule has 3 aliphatic rings. The van der Waals surface area contributed by atoms with E-state index in [0.29, 0.717) is 6.54 Å². The van der Waals surface area contributed by atoms with Crippen molar-refractivity contribution in [2.45, 2.75) is 110 Å². The van der Waals surface area contributed by atoms with Crippen molar-refractivity contribution >= 4 is 11.8 Å². The van der Waals surface area contributed by atoms with Crippen LogP contribution in [0.4, 0.5) is 0 Å². The molecule has 1 fully saturated rings. The molecule has 3 heteroatoms. The summed E-state index contributed by atoms with van der Waals surface area (Å²) in [5.41, 5.74) is 0. The van der Waals surface area contributed by atoms with Crippen LogP contribution in [0.5, 0.6) is 0 Å². The molecule has 1 aliphatic heterocycles. The van der Waals surface area contributed by atoms with Gasteiger partial charge in [0.1, 0.15) is 0 Å². The topological polar surface area (TPSA) is 37.4 Å². The van der Waals surface area contributed by atoms with E-state index in [2.05, 4.69) is 19.1 Å². The van der Waals surface area contributed by atoms with Crippen molar-refractivity contribution < 1.29 is 9.59 Å². The van der Waals surface area contributed by atoms with Crippen LogP contribution >= 0.6 is 0 Å². The highest BCUT2D eigenvalue weighted by Gasteiger charge is 2.40. The molecule has 0 aromatic rings. The van der Waals surface area contributed by atoms with Crippen molar-refractivity contribution in [3.05, 3.63) is 24.3 Å². The molecule has 31 heavy (non-hydrogen) atoms. The van der Waals surface area contributed by atoms with E-state index in [1.165, 1.54) is 107 Å². The fourth-order valence-corrected chi connectivity index (χ4v) is 6.07. The number of carbonyl (C=O) groups excluding carboxylic acids is 2. The van der Waals surface area contributed by atoms with Gasteiger partial charge in [-0.15, -0.1) is 0 Å². The molecule has 0 spiro atoms. The van der Waals surface area contributed by atoms with Crippen molar-refractivity contribution in [3.63, 3.8) is 0 Å². The molecule has 0 saturated heterocycles. The molecule has 1 heterocycles. The Morgan fingerprint density at radius 2 is 1.13 bits per heavy atom. The second-order valence-corrected chi connectivity index (χ2v) is 10.4. The maximum absolute atomic E-state index is 11.5. The fourth-order valence-electron chi connectivity index (χ4n) is 6.07. The van der Waals surface area contributed by atoms with Crippen LogP contribution in [0.3, 0.4) is 0 Å². The number of carbonyl (C=O) groups is 2. The first kappa shape index (κ1) is 24.3. The number of imide groups is 1. The van der Waals surface area contributed by atoms with Crippen LogP contribution in [0.2, 0.25) is 0 Å². The lowest BCUT2D eigenvalue weighted by Gasteiger charge is -2.24. The summed E-state index contributed by atoms with van der Waals surface area (Å²) in [6.07, 6.45) is 29.3. The van der Waals surface area contributed by atoms with E-state index in [4.69, 9.17) is 0 Å². The molecule has 0 aromatic carbocycles. The minimum absolute atomic E-state index is 0.145. The first-order valence-corrected chi connectivity index (χ1v) is 13.4. The van der Waals surface area contributed by atoms with Crippen molar-refractivity contribution in [1.29, 1.82) is 0 Å².